The molecule has 0 fully saturated rings. The van der Waals surface area contributed by atoms with Crippen LogP contribution >= 0.6 is 12.4 Å². The van der Waals surface area contributed by atoms with Gasteiger partial charge in [0.25, 0.3) is 5.91 Å². The third-order valence-electron chi connectivity index (χ3n) is 4.13. The molecule has 0 saturated heterocycles. The van der Waals surface area contributed by atoms with Crippen molar-refractivity contribution >= 4 is 18.3 Å². The van der Waals surface area contributed by atoms with Gasteiger partial charge in [0.2, 0.25) is 6.10 Å². The maximum Gasteiger partial charge on any atom is 0.266 e. The Hall–Kier alpha value is -2.44. The van der Waals surface area contributed by atoms with Crippen molar-refractivity contribution in [2.24, 2.45) is 0 Å². The molecule has 27 heavy (non-hydrogen) atoms. The summed E-state index contributed by atoms with van der Waals surface area (Å²) in [4.78, 5) is 12.7. The van der Waals surface area contributed by atoms with E-state index in [4.69, 9.17) is 4.74 Å². The molecule has 1 unspecified atom stereocenters. The first-order valence-corrected chi connectivity index (χ1v) is 8.46. The fourth-order valence-electron chi connectivity index (χ4n) is 2.71. The Bertz CT molecular complexity index is 800. The highest BCUT2D eigenvalue weighted by Gasteiger charge is 2.23. The first-order valence-electron chi connectivity index (χ1n) is 8.46. The van der Waals surface area contributed by atoms with Gasteiger partial charge >= 0.3 is 0 Å². The van der Waals surface area contributed by atoms with Crippen molar-refractivity contribution in [3.63, 3.8) is 0 Å². The number of amides is 1. The van der Waals surface area contributed by atoms with E-state index in [1.54, 1.807) is 24.3 Å². The number of carbonyl (C=O) groups is 1. The van der Waals surface area contributed by atoms with Gasteiger partial charge in [-0.15, -0.1) is 12.4 Å². The molecule has 3 rings (SSSR count). The summed E-state index contributed by atoms with van der Waals surface area (Å²) in [5, 5.41) is 6.08. The number of hydrogen-bond acceptors (Lipinski definition) is 3. The molecular weight excluding hydrogens is 374 g/mol. The van der Waals surface area contributed by atoms with Gasteiger partial charge in [0, 0.05) is 24.7 Å². The predicted octanol–water partition coefficient (Wildman–Crippen LogP) is 3.54. The van der Waals surface area contributed by atoms with Crippen LogP contribution in [0.15, 0.2) is 60.2 Å². The first-order chi connectivity index (χ1) is 12.6. The Morgan fingerprint density at radius 1 is 1.15 bits per heavy atom. The Balaban J connectivity index is 0.00000261. The predicted molar refractivity (Wildman–Crippen MR) is 102 cm³/mol. The minimum absolute atomic E-state index is 0. The van der Waals surface area contributed by atoms with Crippen molar-refractivity contribution in [1.82, 2.24) is 10.6 Å². The topological polar surface area (TPSA) is 50.4 Å². The number of ether oxygens (including phenoxy) is 1. The molecule has 1 heterocycles. The van der Waals surface area contributed by atoms with E-state index in [0.29, 0.717) is 12.1 Å². The molecule has 4 nitrogen and oxygen atoms in total. The highest BCUT2D eigenvalue weighted by molar-refractivity contribution is 5.85. The summed E-state index contributed by atoms with van der Waals surface area (Å²) in [6.07, 6.45) is 1.97. The van der Waals surface area contributed by atoms with Crippen LogP contribution in [0.1, 0.15) is 18.1 Å². The molecule has 0 saturated carbocycles. The lowest BCUT2D eigenvalue weighted by Gasteiger charge is -2.21. The van der Waals surface area contributed by atoms with Gasteiger partial charge in [-0.05, 0) is 25.1 Å². The maximum atomic E-state index is 13.5. The summed E-state index contributed by atoms with van der Waals surface area (Å²) in [6, 6.07) is 12.1. The quantitative estimate of drug-likeness (QED) is 0.737. The second kappa shape index (κ2) is 10.0. The van der Waals surface area contributed by atoms with Crippen LogP contribution < -0.4 is 15.4 Å². The number of nitrogens with one attached hydrogen (secondary N) is 2. The Kier molecular flexibility index (Phi) is 7.76. The fraction of sp³-hybridized carbons (Fsp3) is 0.250. The Morgan fingerprint density at radius 2 is 1.93 bits per heavy atom. The average molecular weight is 395 g/mol. The van der Waals surface area contributed by atoms with Crippen LogP contribution in [-0.2, 0) is 4.79 Å². The molecular formula is C20H21ClF2N2O2. The van der Waals surface area contributed by atoms with Crippen LogP contribution in [0, 0.1) is 11.6 Å². The van der Waals surface area contributed by atoms with Gasteiger partial charge < -0.3 is 15.4 Å². The van der Waals surface area contributed by atoms with Crippen LogP contribution in [-0.4, -0.2) is 25.5 Å². The lowest BCUT2D eigenvalue weighted by molar-refractivity contribution is -0.128. The van der Waals surface area contributed by atoms with Gasteiger partial charge in [0.1, 0.15) is 5.75 Å². The van der Waals surface area contributed by atoms with Gasteiger partial charge in [-0.2, -0.15) is 0 Å². The third kappa shape index (κ3) is 5.77. The van der Waals surface area contributed by atoms with E-state index in [0.717, 1.165) is 37.2 Å². The van der Waals surface area contributed by atoms with Crippen LogP contribution in [0.25, 0.3) is 0 Å². The molecule has 1 atom stereocenters. The van der Waals surface area contributed by atoms with E-state index in [2.05, 4.69) is 16.7 Å². The average Bonchev–Trinajstić information content (AvgIpc) is 2.68. The normalized spacial score (nSPS) is 14.5. The molecule has 0 bridgehead atoms. The van der Waals surface area contributed by atoms with Gasteiger partial charge in [-0.25, -0.2) is 8.78 Å². The van der Waals surface area contributed by atoms with E-state index in [1.165, 1.54) is 6.07 Å². The molecule has 2 aromatic rings. The van der Waals surface area contributed by atoms with Crippen molar-refractivity contribution in [3.8, 4) is 5.75 Å². The fourth-order valence-corrected chi connectivity index (χ4v) is 2.71. The van der Waals surface area contributed by atoms with Crippen molar-refractivity contribution in [2.45, 2.75) is 12.5 Å². The Morgan fingerprint density at radius 3 is 2.59 bits per heavy atom. The zero-order chi connectivity index (χ0) is 18.4. The van der Waals surface area contributed by atoms with Gasteiger partial charge in [0.15, 0.2) is 11.6 Å². The maximum absolute atomic E-state index is 13.5. The Labute approximate surface area is 163 Å². The number of benzene rings is 2. The zero-order valence-electron chi connectivity index (χ0n) is 14.6. The minimum atomic E-state index is -1.02. The second-order valence-corrected chi connectivity index (χ2v) is 6.02. The van der Waals surface area contributed by atoms with E-state index in [-0.39, 0.29) is 24.1 Å². The molecule has 1 amide bonds. The van der Waals surface area contributed by atoms with E-state index >= 15 is 0 Å². The van der Waals surface area contributed by atoms with Gasteiger partial charge in [0.05, 0.1) is 0 Å². The standard InChI is InChI=1S/C20H20F2N2O2.ClH/c21-17-7-6-16(12-18(17)22)26-19(15-4-2-1-3-5-15)20(25)24-13-14-8-10-23-11-9-14;/h1-8,12,19,23H,9-11,13H2,(H,24,25);1H. The molecule has 0 aliphatic carbocycles. The molecule has 0 radical (unpaired) electrons. The number of hydrogen-bond donors (Lipinski definition) is 2. The highest BCUT2D eigenvalue weighted by atomic mass is 35.5. The lowest BCUT2D eigenvalue weighted by atomic mass is 10.1. The molecule has 2 N–H and O–H groups in total. The minimum Gasteiger partial charge on any atom is -0.476 e. The highest BCUT2D eigenvalue weighted by Crippen LogP contribution is 2.24. The summed E-state index contributed by atoms with van der Waals surface area (Å²) >= 11 is 0. The lowest BCUT2D eigenvalue weighted by Crippen LogP contribution is -2.35. The van der Waals surface area contributed by atoms with Crippen molar-refractivity contribution in [2.75, 3.05) is 19.6 Å². The molecule has 7 heteroatoms. The molecule has 144 valence electrons. The SMILES string of the molecule is Cl.O=C(NCC1=CCNCC1)C(Oc1ccc(F)c(F)c1)c1ccccc1. The molecule has 0 aromatic heterocycles. The summed E-state index contributed by atoms with van der Waals surface area (Å²) < 4.78 is 32.3. The first kappa shape index (κ1) is 20.9. The van der Waals surface area contributed by atoms with Crippen LogP contribution in [0.2, 0.25) is 0 Å². The molecule has 0 spiro atoms. The van der Waals surface area contributed by atoms with Crippen molar-refractivity contribution < 1.29 is 18.3 Å². The summed E-state index contributed by atoms with van der Waals surface area (Å²) in [7, 11) is 0. The third-order valence-corrected chi connectivity index (χ3v) is 4.13. The monoisotopic (exact) mass is 394 g/mol. The second-order valence-electron chi connectivity index (χ2n) is 6.02. The number of carbonyl (C=O) groups excluding carboxylic acids is 1. The molecule has 2 aromatic carbocycles. The summed E-state index contributed by atoms with van der Waals surface area (Å²) in [6.45, 7) is 2.11. The molecule has 1 aliphatic heterocycles. The van der Waals surface area contributed by atoms with Crippen LogP contribution in [0.5, 0.6) is 5.75 Å². The zero-order valence-corrected chi connectivity index (χ0v) is 15.4. The number of rotatable bonds is 6. The van der Waals surface area contributed by atoms with Crippen LogP contribution in [0.4, 0.5) is 8.78 Å². The number of halogens is 3. The van der Waals surface area contributed by atoms with E-state index < -0.39 is 17.7 Å². The van der Waals surface area contributed by atoms with Crippen molar-refractivity contribution in [3.05, 3.63) is 77.4 Å². The van der Waals surface area contributed by atoms with Crippen molar-refractivity contribution in [1.29, 1.82) is 0 Å². The molecule has 1 aliphatic rings. The van der Waals surface area contributed by atoms with Crippen LogP contribution in [0.3, 0.4) is 0 Å². The van der Waals surface area contributed by atoms with E-state index in [1.807, 2.05) is 6.07 Å². The smallest absolute Gasteiger partial charge is 0.266 e. The summed E-state index contributed by atoms with van der Waals surface area (Å²) in [5.74, 6) is -2.22. The summed E-state index contributed by atoms with van der Waals surface area (Å²) in [5.41, 5.74) is 1.78. The van der Waals surface area contributed by atoms with Gasteiger partial charge in [-0.3, -0.25) is 4.79 Å². The largest absolute Gasteiger partial charge is 0.476 e. The van der Waals surface area contributed by atoms with E-state index in [9.17, 15) is 13.6 Å². The van der Waals surface area contributed by atoms with Gasteiger partial charge in [-0.1, -0.05) is 42.0 Å².